The number of nitrogens with zero attached hydrogens (tertiary/aromatic N) is 3. The lowest BCUT2D eigenvalue weighted by atomic mass is 9.95. The van der Waals surface area contributed by atoms with Crippen molar-refractivity contribution in [3.63, 3.8) is 0 Å². The molecule has 1 aromatic heterocycles. The molecule has 1 heterocycles. The van der Waals surface area contributed by atoms with E-state index in [-0.39, 0.29) is 11.9 Å². The lowest BCUT2D eigenvalue weighted by molar-refractivity contribution is 0.0921. The van der Waals surface area contributed by atoms with Gasteiger partial charge in [-0.3, -0.25) is 4.79 Å². The van der Waals surface area contributed by atoms with Gasteiger partial charge in [0.1, 0.15) is 0 Å². The monoisotopic (exact) mass is 321 g/mol. The molecule has 1 amide bonds. The van der Waals surface area contributed by atoms with Crippen molar-refractivity contribution in [1.82, 2.24) is 15.5 Å². The van der Waals surface area contributed by atoms with Gasteiger partial charge in [0.25, 0.3) is 5.91 Å². The third-order valence-electron chi connectivity index (χ3n) is 4.10. The van der Waals surface area contributed by atoms with E-state index in [9.17, 15) is 4.79 Å². The number of hydrogen-bond donors (Lipinski definition) is 2. The van der Waals surface area contributed by atoms with E-state index in [0.717, 1.165) is 18.5 Å². The summed E-state index contributed by atoms with van der Waals surface area (Å²) in [7, 11) is 0. The van der Waals surface area contributed by atoms with E-state index in [0.29, 0.717) is 17.1 Å². The van der Waals surface area contributed by atoms with Crippen LogP contribution in [0.5, 0.6) is 0 Å². The second-order valence-corrected chi connectivity index (χ2v) is 5.93. The molecular formula is C18H19N5O. The Kier molecular flexibility index (Phi) is 5.02. The number of anilines is 2. The molecule has 6 nitrogen and oxygen atoms in total. The second-order valence-electron chi connectivity index (χ2n) is 5.93. The molecule has 0 bridgehead atoms. The van der Waals surface area contributed by atoms with E-state index in [1.54, 1.807) is 30.3 Å². The fourth-order valence-electron chi connectivity index (χ4n) is 2.84. The topological polar surface area (TPSA) is 90.7 Å². The molecule has 0 atom stereocenters. The fraction of sp³-hybridized carbons (Fsp3) is 0.333. The minimum atomic E-state index is -0.174. The summed E-state index contributed by atoms with van der Waals surface area (Å²) in [6, 6.07) is 12.8. The van der Waals surface area contributed by atoms with Crippen molar-refractivity contribution in [3.05, 3.63) is 47.7 Å². The van der Waals surface area contributed by atoms with Crippen LogP contribution in [0.3, 0.4) is 0 Å². The highest BCUT2D eigenvalue weighted by Gasteiger charge is 2.17. The summed E-state index contributed by atoms with van der Waals surface area (Å²) in [5, 5.41) is 23.0. The van der Waals surface area contributed by atoms with Crippen molar-refractivity contribution in [3.8, 4) is 6.07 Å². The van der Waals surface area contributed by atoms with Gasteiger partial charge in [0.15, 0.2) is 11.5 Å². The van der Waals surface area contributed by atoms with Gasteiger partial charge in [0.2, 0.25) is 0 Å². The lowest BCUT2D eigenvalue weighted by Gasteiger charge is -2.22. The molecule has 0 radical (unpaired) electrons. The van der Waals surface area contributed by atoms with Crippen molar-refractivity contribution in [1.29, 1.82) is 5.26 Å². The van der Waals surface area contributed by atoms with Crippen molar-refractivity contribution in [2.45, 2.75) is 38.1 Å². The quantitative estimate of drug-likeness (QED) is 0.902. The number of carbonyl (C=O) groups is 1. The summed E-state index contributed by atoms with van der Waals surface area (Å²) in [5.41, 5.74) is 1.64. The highest BCUT2D eigenvalue weighted by Crippen LogP contribution is 2.18. The smallest absolute Gasteiger partial charge is 0.272 e. The molecule has 0 saturated heterocycles. The number of benzene rings is 1. The summed E-state index contributed by atoms with van der Waals surface area (Å²) in [6.07, 6.45) is 5.66. The first kappa shape index (κ1) is 15.9. The van der Waals surface area contributed by atoms with Crippen LogP contribution in [0.1, 0.15) is 48.2 Å². The Labute approximate surface area is 140 Å². The molecule has 1 fully saturated rings. The van der Waals surface area contributed by atoms with Crippen LogP contribution in [0.25, 0.3) is 0 Å². The number of carbonyl (C=O) groups excluding carboxylic acids is 1. The molecule has 122 valence electrons. The van der Waals surface area contributed by atoms with E-state index >= 15 is 0 Å². The van der Waals surface area contributed by atoms with E-state index in [1.807, 2.05) is 6.07 Å². The predicted octanol–water partition coefficient (Wildman–Crippen LogP) is 3.15. The van der Waals surface area contributed by atoms with Crippen molar-refractivity contribution in [2.75, 3.05) is 5.32 Å². The standard InChI is InChI=1S/C18H19N5O/c19-12-13-5-4-8-15(11-13)20-17-10-9-16(22-23-17)18(24)21-14-6-2-1-3-7-14/h4-5,8-11,14H,1-3,6-7H2,(H,20,23)(H,21,24). The predicted molar refractivity (Wildman–Crippen MR) is 90.8 cm³/mol. The van der Waals surface area contributed by atoms with Gasteiger partial charge < -0.3 is 10.6 Å². The number of amides is 1. The normalized spacial score (nSPS) is 14.6. The molecular weight excluding hydrogens is 302 g/mol. The van der Waals surface area contributed by atoms with E-state index in [1.165, 1.54) is 19.3 Å². The van der Waals surface area contributed by atoms with Crippen LogP contribution in [0, 0.1) is 11.3 Å². The Balaban J connectivity index is 1.62. The second kappa shape index (κ2) is 7.55. The van der Waals surface area contributed by atoms with Crippen LogP contribution in [0.15, 0.2) is 36.4 Å². The van der Waals surface area contributed by atoms with Crippen LogP contribution in [-0.2, 0) is 0 Å². The third kappa shape index (κ3) is 4.07. The first-order chi connectivity index (χ1) is 11.7. The van der Waals surface area contributed by atoms with Gasteiger partial charge >= 0.3 is 0 Å². The van der Waals surface area contributed by atoms with Crippen LogP contribution in [0.2, 0.25) is 0 Å². The first-order valence-corrected chi connectivity index (χ1v) is 8.16. The molecule has 6 heteroatoms. The van der Waals surface area contributed by atoms with Crippen molar-refractivity contribution >= 4 is 17.4 Å². The molecule has 1 aliphatic carbocycles. The SMILES string of the molecule is N#Cc1cccc(Nc2ccc(C(=O)NC3CCCCC3)nn2)c1. The van der Waals surface area contributed by atoms with Gasteiger partial charge in [0, 0.05) is 11.7 Å². The Morgan fingerprint density at radius 2 is 1.96 bits per heavy atom. The molecule has 1 aromatic carbocycles. The third-order valence-corrected chi connectivity index (χ3v) is 4.10. The maximum atomic E-state index is 12.2. The number of rotatable bonds is 4. The average Bonchev–Trinajstić information content (AvgIpc) is 2.63. The lowest BCUT2D eigenvalue weighted by Crippen LogP contribution is -2.36. The van der Waals surface area contributed by atoms with Gasteiger partial charge in [-0.15, -0.1) is 10.2 Å². The van der Waals surface area contributed by atoms with Gasteiger partial charge in [-0.1, -0.05) is 25.3 Å². The molecule has 1 aliphatic rings. The summed E-state index contributed by atoms with van der Waals surface area (Å²) in [5.74, 6) is 0.353. The van der Waals surface area contributed by atoms with Gasteiger partial charge in [-0.05, 0) is 43.2 Å². The molecule has 0 aliphatic heterocycles. The van der Waals surface area contributed by atoms with Crippen LogP contribution in [0.4, 0.5) is 11.5 Å². The molecule has 2 aromatic rings. The fourth-order valence-corrected chi connectivity index (χ4v) is 2.84. The summed E-state index contributed by atoms with van der Waals surface area (Å²) >= 11 is 0. The maximum Gasteiger partial charge on any atom is 0.272 e. The van der Waals surface area contributed by atoms with E-state index < -0.39 is 0 Å². The van der Waals surface area contributed by atoms with E-state index in [2.05, 4.69) is 26.9 Å². The molecule has 0 spiro atoms. The largest absolute Gasteiger partial charge is 0.348 e. The number of nitriles is 1. The summed E-state index contributed by atoms with van der Waals surface area (Å²) < 4.78 is 0. The molecule has 2 N–H and O–H groups in total. The zero-order valence-corrected chi connectivity index (χ0v) is 13.3. The van der Waals surface area contributed by atoms with Gasteiger partial charge in [0.05, 0.1) is 11.6 Å². The van der Waals surface area contributed by atoms with Gasteiger partial charge in [-0.25, -0.2) is 0 Å². The number of aromatic nitrogens is 2. The van der Waals surface area contributed by atoms with Crippen molar-refractivity contribution < 1.29 is 4.79 Å². The zero-order chi connectivity index (χ0) is 16.8. The Morgan fingerprint density at radius 3 is 2.67 bits per heavy atom. The highest BCUT2D eigenvalue weighted by molar-refractivity contribution is 5.92. The molecule has 1 saturated carbocycles. The van der Waals surface area contributed by atoms with E-state index in [4.69, 9.17) is 5.26 Å². The van der Waals surface area contributed by atoms with Crippen molar-refractivity contribution in [2.24, 2.45) is 0 Å². The Bertz CT molecular complexity index is 745. The minimum absolute atomic E-state index is 0.174. The Morgan fingerprint density at radius 1 is 1.12 bits per heavy atom. The Hall–Kier alpha value is -2.94. The first-order valence-electron chi connectivity index (χ1n) is 8.16. The van der Waals surface area contributed by atoms with Gasteiger partial charge in [-0.2, -0.15) is 5.26 Å². The average molecular weight is 321 g/mol. The number of nitrogens with one attached hydrogen (secondary N) is 2. The highest BCUT2D eigenvalue weighted by atomic mass is 16.2. The summed E-state index contributed by atoms with van der Waals surface area (Å²) in [6.45, 7) is 0. The van der Waals surface area contributed by atoms with Crippen LogP contribution >= 0.6 is 0 Å². The molecule has 0 unspecified atom stereocenters. The zero-order valence-electron chi connectivity index (χ0n) is 13.3. The van der Waals surface area contributed by atoms with Crippen LogP contribution < -0.4 is 10.6 Å². The molecule has 3 rings (SSSR count). The minimum Gasteiger partial charge on any atom is -0.348 e. The summed E-state index contributed by atoms with van der Waals surface area (Å²) in [4.78, 5) is 12.2. The van der Waals surface area contributed by atoms with Crippen LogP contribution in [-0.4, -0.2) is 22.1 Å². The number of hydrogen-bond acceptors (Lipinski definition) is 5. The molecule has 24 heavy (non-hydrogen) atoms. The maximum absolute atomic E-state index is 12.2.